The van der Waals surface area contributed by atoms with E-state index >= 15 is 0 Å². The van der Waals surface area contributed by atoms with E-state index in [0.717, 1.165) is 5.82 Å². The highest BCUT2D eigenvalue weighted by atomic mass is 16.5. The molecule has 0 saturated heterocycles. The number of hydrogen-bond donors (Lipinski definition) is 1. The largest absolute Gasteiger partial charge is 0.491 e. The van der Waals surface area contributed by atoms with E-state index in [1.165, 1.54) is 0 Å². The summed E-state index contributed by atoms with van der Waals surface area (Å²) in [6, 6.07) is 8.84. The number of benzene rings is 1. The lowest BCUT2D eigenvalue weighted by molar-refractivity contribution is 0.0919. The standard InChI is InChI=1S/C14H15N3O2/c1-11-16-6-7-17(11)9-13(18)10-19-14-4-2-12(8-15)3-5-14/h2-7,13,18H,9-10H2,1H3. The van der Waals surface area contributed by atoms with Crippen LogP contribution in [0.1, 0.15) is 11.4 Å². The monoisotopic (exact) mass is 257 g/mol. The number of imidazole rings is 1. The predicted octanol–water partition coefficient (Wildman–Crippen LogP) is 1.50. The Balaban J connectivity index is 1.84. The van der Waals surface area contributed by atoms with Crippen molar-refractivity contribution in [2.24, 2.45) is 0 Å². The summed E-state index contributed by atoms with van der Waals surface area (Å²) in [5.41, 5.74) is 0.585. The molecule has 98 valence electrons. The van der Waals surface area contributed by atoms with Crippen molar-refractivity contribution >= 4 is 0 Å². The zero-order chi connectivity index (χ0) is 13.7. The number of nitriles is 1. The van der Waals surface area contributed by atoms with Crippen LogP contribution < -0.4 is 4.74 Å². The molecule has 1 heterocycles. The summed E-state index contributed by atoms with van der Waals surface area (Å²) in [5.74, 6) is 1.50. The fourth-order valence-electron chi connectivity index (χ4n) is 1.69. The maximum atomic E-state index is 9.88. The van der Waals surface area contributed by atoms with Crippen molar-refractivity contribution in [3.05, 3.63) is 48.0 Å². The van der Waals surface area contributed by atoms with E-state index in [2.05, 4.69) is 4.98 Å². The molecule has 2 aromatic rings. The predicted molar refractivity (Wildman–Crippen MR) is 69.6 cm³/mol. The van der Waals surface area contributed by atoms with Crippen molar-refractivity contribution in [3.8, 4) is 11.8 Å². The molecule has 0 aliphatic rings. The van der Waals surface area contributed by atoms with E-state index in [1.807, 2.05) is 23.8 Å². The molecule has 1 aromatic carbocycles. The second-order valence-electron chi connectivity index (χ2n) is 4.23. The summed E-state index contributed by atoms with van der Waals surface area (Å²) in [5, 5.41) is 18.6. The maximum Gasteiger partial charge on any atom is 0.119 e. The molecule has 0 spiro atoms. The minimum atomic E-state index is -0.608. The van der Waals surface area contributed by atoms with Gasteiger partial charge in [0.05, 0.1) is 18.2 Å². The molecule has 2 rings (SSSR count). The minimum Gasteiger partial charge on any atom is -0.491 e. The van der Waals surface area contributed by atoms with Gasteiger partial charge in [0.25, 0.3) is 0 Å². The molecule has 5 heteroatoms. The third-order valence-electron chi connectivity index (χ3n) is 2.76. The molecule has 5 nitrogen and oxygen atoms in total. The Bertz CT molecular complexity index is 569. The SMILES string of the molecule is Cc1nccn1CC(O)COc1ccc(C#N)cc1. The van der Waals surface area contributed by atoms with Crippen LogP contribution >= 0.6 is 0 Å². The first kappa shape index (κ1) is 13.1. The second kappa shape index (κ2) is 6.03. The van der Waals surface area contributed by atoms with Gasteiger partial charge in [-0.25, -0.2) is 4.98 Å². The molecule has 0 bridgehead atoms. The number of aliphatic hydroxyl groups is 1. The van der Waals surface area contributed by atoms with Crippen LogP contribution in [0.2, 0.25) is 0 Å². The van der Waals surface area contributed by atoms with Gasteiger partial charge in [0.15, 0.2) is 0 Å². The highest BCUT2D eigenvalue weighted by molar-refractivity contribution is 5.34. The summed E-state index contributed by atoms with van der Waals surface area (Å²) >= 11 is 0. The van der Waals surface area contributed by atoms with Crippen molar-refractivity contribution in [2.45, 2.75) is 19.6 Å². The average Bonchev–Trinajstić information content (AvgIpc) is 2.82. The van der Waals surface area contributed by atoms with Crippen LogP contribution in [0.15, 0.2) is 36.7 Å². The van der Waals surface area contributed by atoms with E-state index in [-0.39, 0.29) is 6.61 Å². The minimum absolute atomic E-state index is 0.198. The Labute approximate surface area is 111 Å². The van der Waals surface area contributed by atoms with Crippen molar-refractivity contribution in [3.63, 3.8) is 0 Å². The van der Waals surface area contributed by atoms with Crippen molar-refractivity contribution in [1.29, 1.82) is 5.26 Å². The Morgan fingerprint density at radius 2 is 2.16 bits per heavy atom. The molecule has 1 unspecified atom stereocenters. The Hall–Kier alpha value is -2.32. The average molecular weight is 257 g/mol. The molecule has 0 aliphatic carbocycles. The van der Waals surface area contributed by atoms with E-state index in [4.69, 9.17) is 10.00 Å². The number of aromatic nitrogens is 2. The van der Waals surface area contributed by atoms with Gasteiger partial charge < -0.3 is 14.4 Å². The molecule has 19 heavy (non-hydrogen) atoms. The van der Waals surface area contributed by atoms with Crippen molar-refractivity contribution in [1.82, 2.24) is 9.55 Å². The summed E-state index contributed by atoms with van der Waals surface area (Å²) in [4.78, 5) is 4.09. The molecule has 1 aromatic heterocycles. The zero-order valence-electron chi connectivity index (χ0n) is 10.7. The lowest BCUT2D eigenvalue weighted by Crippen LogP contribution is -2.23. The van der Waals surface area contributed by atoms with Gasteiger partial charge in [0.2, 0.25) is 0 Å². The van der Waals surface area contributed by atoms with E-state index < -0.39 is 6.10 Å². The number of rotatable bonds is 5. The number of hydrogen-bond acceptors (Lipinski definition) is 4. The Morgan fingerprint density at radius 1 is 1.42 bits per heavy atom. The second-order valence-corrected chi connectivity index (χ2v) is 4.23. The van der Waals surface area contributed by atoms with Crippen LogP contribution in [0.5, 0.6) is 5.75 Å². The van der Waals surface area contributed by atoms with Gasteiger partial charge in [-0.3, -0.25) is 0 Å². The first-order valence-electron chi connectivity index (χ1n) is 5.98. The van der Waals surface area contributed by atoms with Gasteiger partial charge in [0.1, 0.15) is 24.3 Å². The molecule has 0 radical (unpaired) electrons. The van der Waals surface area contributed by atoms with Gasteiger partial charge in [-0.05, 0) is 31.2 Å². The van der Waals surface area contributed by atoms with E-state index in [9.17, 15) is 5.11 Å². The number of ether oxygens (including phenoxy) is 1. The van der Waals surface area contributed by atoms with Crippen molar-refractivity contribution in [2.75, 3.05) is 6.61 Å². The van der Waals surface area contributed by atoms with Crippen LogP contribution in [-0.2, 0) is 6.54 Å². The molecule has 0 amide bonds. The fourth-order valence-corrected chi connectivity index (χ4v) is 1.69. The molecule has 0 aliphatic heterocycles. The third-order valence-corrected chi connectivity index (χ3v) is 2.76. The first-order chi connectivity index (χ1) is 9.19. The highest BCUT2D eigenvalue weighted by Crippen LogP contribution is 2.12. The molecular formula is C14H15N3O2. The topological polar surface area (TPSA) is 71.1 Å². The Kier molecular flexibility index (Phi) is 4.16. The first-order valence-corrected chi connectivity index (χ1v) is 5.98. The number of aliphatic hydroxyl groups excluding tert-OH is 1. The highest BCUT2D eigenvalue weighted by Gasteiger charge is 2.08. The lowest BCUT2D eigenvalue weighted by atomic mass is 10.2. The van der Waals surface area contributed by atoms with Crippen LogP contribution in [0.3, 0.4) is 0 Å². The third kappa shape index (κ3) is 3.57. The van der Waals surface area contributed by atoms with Crippen LogP contribution in [0.25, 0.3) is 0 Å². The van der Waals surface area contributed by atoms with Gasteiger partial charge in [0, 0.05) is 12.4 Å². The Morgan fingerprint density at radius 3 is 2.74 bits per heavy atom. The van der Waals surface area contributed by atoms with Crippen LogP contribution in [0, 0.1) is 18.3 Å². The quantitative estimate of drug-likeness (QED) is 0.881. The molecule has 0 fully saturated rings. The summed E-state index contributed by atoms with van der Waals surface area (Å²) in [6.07, 6.45) is 2.91. The summed E-state index contributed by atoms with van der Waals surface area (Å²) in [6.45, 7) is 2.53. The van der Waals surface area contributed by atoms with Crippen LogP contribution in [-0.4, -0.2) is 27.4 Å². The van der Waals surface area contributed by atoms with E-state index in [0.29, 0.717) is 17.9 Å². The molecule has 1 N–H and O–H groups in total. The smallest absolute Gasteiger partial charge is 0.119 e. The number of aryl methyl sites for hydroxylation is 1. The van der Waals surface area contributed by atoms with Gasteiger partial charge in [-0.2, -0.15) is 5.26 Å². The zero-order valence-corrected chi connectivity index (χ0v) is 10.7. The maximum absolute atomic E-state index is 9.88. The summed E-state index contributed by atoms with van der Waals surface area (Å²) < 4.78 is 7.33. The molecular weight excluding hydrogens is 242 g/mol. The normalized spacial score (nSPS) is 11.8. The fraction of sp³-hybridized carbons (Fsp3) is 0.286. The van der Waals surface area contributed by atoms with Crippen LogP contribution in [0.4, 0.5) is 0 Å². The summed E-state index contributed by atoms with van der Waals surface area (Å²) in [7, 11) is 0. The van der Waals surface area contributed by atoms with Gasteiger partial charge in [-0.1, -0.05) is 0 Å². The van der Waals surface area contributed by atoms with Crippen molar-refractivity contribution < 1.29 is 9.84 Å². The lowest BCUT2D eigenvalue weighted by Gasteiger charge is -2.13. The van der Waals surface area contributed by atoms with Gasteiger partial charge in [-0.15, -0.1) is 0 Å². The number of nitrogens with zero attached hydrogens (tertiary/aromatic N) is 3. The molecule has 1 atom stereocenters. The van der Waals surface area contributed by atoms with Gasteiger partial charge >= 0.3 is 0 Å². The molecule has 0 saturated carbocycles. The van der Waals surface area contributed by atoms with E-state index in [1.54, 1.807) is 30.5 Å².